The monoisotopic (exact) mass is 209 g/mol. The molecule has 4 aliphatic rings. The molecule has 4 rings (SSSR count). The highest BCUT2D eigenvalue weighted by molar-refractivity contribution is 5.86. The summed E-state index contributed by atoms with van der Waals surface area (Å²) in [7, 11) is 0. The number of carbonyl (C=O) groups is 2. The summed E-state index contributed by atoms with van der Waals surface area (Å²) in [4.78, 5) is 22.7. The molecule has 4 bridgehead atoms. The van der Waals surface area contributed by atoms with E-state index in [1.165, 1.54) is 0 Å². The standard InChI is InChI=1S/C11H15NO3/c12-10(14)15-11-3-6-1-7(4-11)9(13)8(2-6)5-11/h6-8H,1-5H2,(H2,12,14). The van der Waals surface area contributed by atoms with E-state index >= 15 is 0 Å². The van der Waals surface area contributed by atoms with Crippen LogP contribution in [0.3, 0.4) is 0 Å². The molecule has 82 valence electrons. The maximum Gasteiger partial charge on any atom is 0.405 e. The maximum absolute atomic E-state index is 11.8. The lowest BCUT2D eigenvalue weighted by atomic mass is 9.53. The van der Waals surface area contributed by atoms with Gasteiger partial charge in [-0.25, -0.2) is 4.79 Å². The van der Waals surface area contributed by atoms with Gasteiger partial charge in [0.2, 0.25) is 0 Å². The number of Topliss-reactive ketones (excluding diaryl/α,β-unsaturated/α-hetero) is 1. The Bertz CT molecular complexity index is 321. The zero-order valence-corrected chi connectivity index (χ0v) is 8.57. The molecule has 15 heavy (non-hydrogen) atoms. The molecule has 0 aromatic carbocycles. The normalized spacial score (nSPS) is 46.9. The maximum atomic E-state index is 11.8. The van der Waals surface area contributed by atoms with E-state index in [4.69, 9.17) is 10.5 Å². The van der Waals surface area contributed by atoms with Gasteiger partial charge in [0.15, 0.2) is 0 Å². The van der Waals surface area contributed by atoms with E-state index in [1.807, 2.05) is 0 Å². The second kappa shape index (κ2) is 2.74. The predicted molar refractivity (Wildman–Crippen MR) is 52.0 cm³/mol. The smallest absolute Gasteiger partial charge is 0.405 e. The molecule has 2 N–H and O–H groups in total. The van der Waals surface area contributed by atoms with Crippen LogP contribution >= 0.6 is 0 Å². The number of primary amides is 1. The molecule has 0 aromatic heterocycles. The number of hydrogen-bond donors (Lipinski definition) is 1. The van der Waals surface area contributed by atoms with E-state index in [9.17, 15) is 9.59 Å². The number of hydrogen-bond acceptors (Lipinski definition) is 3. The average Bonchev–Trinajstić information content (AvgIpc) is 2.10. The molecular weight excluding hydrogens is 194 g/mol. The Kier molecular flexibility index (Phi) is 1.68. The van der Waals surface area contributed by atoms with Crippen molar-refractivity contribution < 1.29 is 14.3 Å². The molecular formula is C11H15NO3. The Labute approximate surface area is 88.1 Å². The molecule has 4 aliphatic carbocycles. The van der Waals surface area contributed by atoms with Gasteiger partial charge in [-0.1, -0.05) is 0 Å². The Hall–Kier alpha value is -1.06. The number of amides is 1. The van der Waals surface area contributed by atoms with Gasteiger partial charge in [0.25, 0.3) is 0 Å². The van der Waals surface area contributed by atoms with E-state index in [-0.39, 0.29) is 11.8 Å². The third-order valence-corrected chi connectivity index (χ3v) is 4.26. The number of carbonyl (C=O) groups excluding carboxylic acids is 2. The largest absolute Gasteiger partial charge is 0.443 e. The fraction of sp³-hybridized carbons (Fsp3) is 0.818. The third-order valence-electron chi connectivity index (χ3n) is 4.26. The van der Waals surface area contributed by atoms with Gasteiger partial charge in [0.05, 0.1) is 0 Å². The molecule has 0 aliphatic heterocycles. The first-order valence-electron chi connectivity index (χ1n) is 5.60. The van der Waals surface area contributed by atoms with Gasteiger partial charge < -0.3 is 10.5 Å². The summed E-state index contributed by atoms with van der Waals surface area (Å²) in [5, 5.41) is 0. The topological polar surface area (TPSA) is 69.4 Å². The first-order chi connectivity index (χ1) is 7.08. The van der Waals surface area contributed by atoms with Crippen LogP contribution in [-0.2, 0) is 9.53 Å². The first-order valence-corrected chi connectivity index (χ1v) is 5.60. The van der Waals surface area contributed by atoms with E-state index in [1.54, 1.807) is 0 Å². The third kappa shape index (κ3) is 1.27. The van der Waals surface area contributed by atoms with Gasteiger partial charge in [-0.3, -0.25) is 4.79 Å². The van der Waals surface area contributed by atoms with Gasteiger partial charge in [0.1, 0.15) is 11.4 Å². The van der Waals surface area contributed by atoms with Crippen molar-refractivity contribution in [3.63, 3.8) is 0 Å². The Morgan fingerprint density at radius 1 is 1.27 bits per heavy atom. The van der Waals surface area contributed by atoms with Crippen LogP contribution in [0.25, 0.3) is 0 Å². The van der Waals surface area contributed by atoms with Crippen molar-refractivity contribution >= 4 is 11.9 Å². The SMILES string of the molecule is NC(=O)OC12CC3CC(C1)C(=O)C(C3)C2. The van der Waals surface area contributed by atoms with E-state index < -0.39 is 11.7 Å². The molecule has 1 amide bonds. The lowest BCUT2D eigenvalue weighted by molar-refractivity contribution is -0.160. The molecule has 2 atom stereocenters. The van der Waals surface area contributed by atoms with Gasteiger partial charge in [-0.15, -0.1) is 0 Å². The second-order valence-corrected chi connectivity index (χ2v) is 5.35. The van der Waals surface area contributed by atoms with Crippen LogP contribution in [0.5, 0.6) is 0 Å². The first kappa shape index (κ1) is 9.19. The molecule has 0 heterocycles. The van der Waals surface area contributed by atoms with E-state index in [0.717, 1.165) is 19.3 Å². The lowest BCUT2D eigenvalue weighted by Gasteiger charge is -2.54. The quantitative estimate of drug-likeness (QED) is 0.706. The average molecular weight is 209 g/mol. The molecule has 0 radical (unpaired) electrons. The number of ether oxygens (including phenoxy) is 1. The molecule has 0 aromatic rings. The summed E-state index contributed by atoms with van der Waals surface area (Å²) >= 11 is 0. The molecule has 0 saturated heterocycles. The van der Waals surface area contributed by atoms with Crippen molar-refractivity contribution in [3.05, 3.63) is 0 Å². The summed E-state index contributed by atoms with van der Waals surface area (Å²) < 4.78 is 5.29. The van der Waals surface area contributed by atoms with E-state index in [2.05, 4.69) is 0 Å². The second-order valence-electron chi connectivity index (χ2n) is 5.35. The Balaban J connectivity index is 1.89. The van der Waals surface area contributed by atoms with Crippen molar-refractivity contribution in [1.82, 2.24) is 0 Å². The summed E-state index contributed by atoms with van der Waals surface area (Å²) in [6, 6.07) is 0. The van der Waals surface area contributed by atoms with Crippen molar-refractivity contribution in [2.75, 3.05) is 0 Å². The van der Waals surface area contributed by atoms with Crippen molar-refractivity contribution in [3.8, 4) is 0 Å². The van der Waals surface area contributed by atoms with E-state index in [0.29, 0.717) is 24.5 Å². The minimum Gasteiger partial charge on any atom is -0.443 e. The van der Waals surface area contributed by atoms with Crippen LogP contribution in [0.15, 0.2) is 0 Å². The highest BCUT2D eigenvalue weighted by atomic mass is 16.6. The van der Waals surface area contributed by atoms with Crippen LogP contribution in [0, 0.1) is 17.8 Å². The molecule has 4 nitrogen and oxygen atoms in total. The van der Waals surface area contributed by atoms with Gasteiger partial charge in [-0.05, 0) is 38.0 Å². The Morgan fingerprint density at radius 2 is 1.87 bits per heavy atom. The summed E-state index contributed by atoms with van der Waals surface area (Å²) in [6.07, 6.45) is 3.64. The van der Waals surface area contributed by atoms with Crippen molar-refractivity contribution in [1.29, 1.82) is 0 Å². The number of nitrogens with two attached hydrogens (primary N) is 1. The van der Waals surface area contributed by atoms with Crippen LogP contribution in [0.2, 0.25) is 0 Å². The van der Waals surface area contributed by atoms with Gasteiger partial charge >= 0.3 is 6.09 Å². The molecule has 0 spiro atoms. The molecule has 4 heteroatoms. The minimum atomic E-state index is -0.690. The molecule has 4 fully saturated rings. The van der Waals surface area contributed by atoms with Crippen LogP contribution < -0.4 is 5.73 Å². The fourth-order valence-electron chi connectivity index (χ4n) is 4.01. The highest BCUT2D eigenvalue weighted by Gasteiger charge is 2.56. The Morgan fingerprint density at radius 3 is 2.40 bits per heavy atom. The summed E-state index contributed by atoms with van der Waals surface area (Å²) in [6.45, 7) is 0. The van der Waals surface area contributed by atoms with Gasteiger partial charge in [0, 0.05) is 11.8 Å². The molecule has 2 unspecified atom stereocenters. The predicted octanol–water partition coefficient (Wildman–Crippen LogP) is 1.23. The lowest BCUT2D eigenvalue weighted by Crippen LogP contribution is -2.57. The van der Waals surface area contributed by atoms with Crippen molar-refractivity contribution in [2.45, 2.75) is 37.7 Å². The zero-order chi connectivity index (χ0) is 10.6. The van der Waals surface area contributed by atoms with Crippen LogP contribution in [0.1, 0.15) is 32.1 Å². The van der Waals surface area contributed by atoms with Crippen molar-refractivity contribution in [2.24, 2.45) is 23.5 Å². The highest BCUT2D eigenvalue weighted by Crippen LogP contribution is 2.55. The fourth-order valence-corrected chi connectivity index (χ4v) is 4.01. The van der Waals surface area contributed by atoms with Crippen LogP contribution in [-0.4, -0.2) is 17.5 Å². The minimum absolute atomic E-state index is 0.135. The zero-order valence-electron chi connectivity index (χ0n) is 8.57. The van der Waals surface area contributed by atoms with Gasteiger partial charge in [-0.2, -0.15) is 0 Å². The van der Waals surface area contributed by atoms with Crippen LogP contribution in [0.4, 0.5) is 4.79 Å². The number of rotatable bonds is 1. The summed E-state index contributed by atoms with van der Waals surface area (Å²) in [5.74, 6) is 1.24. The summed E-state index contributed by atoms with van der Waals surface area (Å²) in [5.41, 5.74) is 4.71. The molecule has 4 saturated carbocycles. The number of ketones is 1.